The minimum atomic E-state index is 0.0364. The lowest BCUT2D eigenvalue weighted by atomic mass is 9.99. The summed E-state index contributed by atoms with van der Waals surface area (Å²) in [4.78, 5) is 14.2. The fourth-order valence-corrected chi connectivity index (χ4v) is 2.81. The third-order valence-electron chi connectivity index (χ3n) is 3.69. The van der Waals surface area contributed by atoms with Crippen molar-refractivity contribution in [2.75, 3.05) is 16.8 Å². The molecule has 16 heavy (non-hydrogen) atoms. The van der Waals surface area contributed by atoms with Crippen LogP contribution in [0.3, 0.4) is 0 Å². The summed E-state index contributed by atoms with van der Waals surface area (Å²) in [5.41, 5.74) is 3.39. The van der Waals surface area contributed by atoms with Gasteiger partial charge in [-0.05, 0) is 37.0 Å². The fraction of sp³-hybridized carbons (Fsp3) is 0.462. The SMILES string of the molecule is Cc1ccc2c(c1)N1CCC(C)C1C(=O)N2. The lowest BCUT2D eigenvalue weighted by molar-refractivity contribution is -0.118. The molecule has 2 unspecified atom stereocenters. The summed E-state index contributed by atoms with van der Waals surface area (Å²) in [5.74, 6) is 0.606. The van der Waals surface area contributed by atoms with Crippen LogP contribution in [0, 0.1) is 12.8 Å². The van der Waals surface area contributed by atoms with Crippen molar-refractivity contribution in [2.45, 2.75) is 26.3 Å². The minimum absolute atomic E-state index is 0.0364. The first-order chi connectivity index (χ1) is 7.66. The van der Waals surface area contributed by atoms with Crippen molar-refractivity contribution >= 4 is 17.3 Å². The second-order valence-corrected chi connectivity index (χ2v) is 4.91. The first-order valence-corrected chi connectivity index (χ1v) is 5.85. The summed E-state index contributed by atoms with van der Waals surface area (Å²) < 4.78 is 0. The highest BCUT2D eigenvalue weighted by Gasteiger charge is 2.40. The Kier molecular flexibility index (Phi) is 1.96. The second-order valence-electron chi connectivity index (χ2n) is 4.91. The number of nitrogens with one attached hydrogen (secondary N) is 1. The van der Waals surface area contributed by atoms with Crippen LogP contribution in [0.25, 0.3) is 0 Å². The van der Waals surface area contributed by atoms with E-state index in [2.05, 4.69) is 30.1 Å². The zero-order valence-corrected chi connectivity index (χ0v) is 9.66. The van der Waals surface area contributed by atoms with Gasteiger partial charge in [-0.25, -0.2) is 0 Å². The van der Waals surface area contributed by atoms with E-state index in [1.54, 1.807) is 0 Å². The molecule has 1 aromatic carbocycles. The van der Waals surface area contributed by atoms with Crippen LogP contribution in [0.1, 0.15) is 18.9 Å². The number of carbonyl (C=O) groups is 1. The number of rotatable bonds is 0. The Labute approximate surface area is 95.4 Å². The Morgan fingerprint density at radius 2 is 2.25 bits per heavy atom. The van der Waals surface area contributed by atoms with E-state index in [0.29, 0.717) is 5.92 Å². The maximum Gasteiger partial charge on any atom is 0.247 e. The van der Waals surface area contributed by atoms with Gasteiger partial charge in [-0.2, -0.15) is 0 Å². The molecule has 2 atom stereocenters. The smallest absolute Gasteiger partial charge is 0.247 e. The number of nitrogens with zero attached hydrogens (tertiary/aromatic N) is 1. The van der Waals surface area contributed by atoms with Crippen molar-refractivity contribution in [1.29, 1.82) is 0 Å². The Bertz CT molecular complexity index is 455. The Morgan fingerprint density at radius 1 is 1.44 bits per heavy atom. The van der Waals surface area contributed by atoms with Crippen LogP contribution in [-0.2, 0) is 4.79 Å². The molecule has 84 valence electrons. The van der Waals surface area contributed by atoms with Crippen LogP contribution in [0.5, 0.6) is 0 Å². The molecule has 1 amide bonds. The Balaban J connectivity index is 2.11. The largest absolute Gasteiger partial charge is 0.358 e. The maximum atomic E-state index is 12.0. The Hall–Kier alpha value is -1.51. The maximum absolute atomic E-state index is 12.0. The molecule has 2 aliphatic rings. The van der Waals surface area contributed by atoms with Crippen LogP contribution in [0.2, 0.25) is 0 Å². The molecule has 0 radical (unpaired) electrons. The zero-order valence-electron chi connectivity index (χ0n) is 9.66. The molecule has 0 bridgehead atoms. The summed E-state index contributed by atoms with van der Waals surface area (Å²) in [6.07, 6.45) is 1.10. The van der Waals surface area contributed by atoms with Crippen molar-refractivity contribution in [1.82, 2.24) is 0 Å². The number of anilines is 2. The number of hydrogen-bond donors (Lipinski definition) is 1. The first kappa shape index (κ1) is 9.70. The molecule has 2 heterocycles. The van der Waals surface area contributed by atoms with Crippen molar-refractivity contribution in [3.8, 4) is 0 Å². The zero-order chi connectivity index (χ0) is 11.3. The molecule has 2 aliphatic heterocycles. The molecule has 1 N–H and O–H groups in total. The Morgan fingerprint density at radius 3 is 3.06 bits per heavy atom. The molecule has 0 spiro atoms. The first-order valence-electron chi connectivity index (χ1n) is 5.85. The minimum Gasteiger partial charge on any atom is -0.358 e. The highest BCUT2D eigenvalue weighted by molar-refractivity contribution is 6.04. The molecule has 1 saturated heterocycles. The van der Waals surface area contributed by atoms with E-state index in [-0.39, 0.29) is 11.9 Å². The number of carbonyl (C=O) groups excluding carboxylic acids is 1. The van der Waals surface area contributed by atoms with Gasteiger partial charge < -0.3 is 10.2 Å². The van der Waals surface area contributed by atoms with Crippen molar-refractivity contribution in [2.24, 2.45) is 5.92 Å². The van der Waals surface area contributed by atoms with Gasteiger partial charge in [0.1, 0.15) is 6.04 Å². The van der Waals surface area contributed by atoms with Crippen LogP contribution in [-0.4, -0.2) is 18.5 Å². The van der Waals surface area contributed by atoms with Gasteiger partial charge in [-0.15, -0.1) is 0 Å². The van der Waals surface area contributed by atoms with Gasteiger partial charge in [0.2, 0.25) is 5.91 Å². The fourth-order valence-electron chi connectivity index (χ4n) is 2.81. The lowest BCUT2D eigenvalue weighted by Crippen LogP contribution is -2.46. The highest BCUT2D eigenvalue weighted by Crippen LogP contribution is 2.39. The third kappa shape index (κ3) is 1.24. The molecule has 1 fully saturated rings. The van der Waals surface area contributed by atoms with Crippen LogP contribution in [0.4, 0.5) is 11.4 Å². The summed E-state index contributed by atoms with van der Waals surface area (Å²) in [6.45, 7) is 5.24. The van der Waals surface area contributed by atoms with E-state index in [4.69, 9.17) is 0 Å². The topological polar surface area (TPSA) is 32.3 Å². The monoisotopic (exact) mass is 216 g/mol. The molecule has 0 aromatic heterocycles. The van der Waals surface area contributed by atoms with Crippen LogP contribution >= 0.6 is 0 Å². The number of benzene rings is 1. The van der Waals surface area contributed by atoms with Gasteiger partial charge in [0.05, 0.1) is 11.4 Å². The molecule has 0 saturated carbocycles. The molecule has 1 aromatic rings. The van der Waals surface area contributed by atoms with Crippen molar-refractivity contribution < 1.29 is 4.79 Å². The van der Waals surface area contributed by atoms with Gasteiger partial charge >= 0.3 is 0 Å². The number of hydrogen-bond acceptors (Lipinski definition) is 2. The van der Waals surface area contributed by atoms with E-state index in [1.807, 2.05) is 12.1 Å². The van der Waals surface area contributed by atoms with E-state index >= 15 is 0 Å². The highest BCUT2D eigenvalue weighted by atomic mass is 16.2. The van der Waals surface area contributed by atoms with Gasteiger partial charge in [0, 0.05) is 6.54 Å². The third-order valence-corrected chi connectivity index (χ3v) is 3.69. The number of fused-ring (bicyclic) bond motifs is 3. The van der Waals surface area contributed by atoms with E-state index < -0.39 is 0 Å². The predicted octanol–water partition coefficient (Wildman–Crippen LogP) is 2.16. The van der Waals surface area contributed by atoms with Gasteiger partial charge in [0.25, 0.3) is 0 Å². The van der Waals surface area contributed by atoms with Gasteiger partial charge in [-0.1, -0.05) is 13.0 Å². The van der Waals surface area contributed by atoms with Crippen LogP contribution < -0.4 is 10.2 Å². The standard InChI is InChI=1S/C13H16N2O/c1-8-3-4-10-11(7-8)15-6-5-9(2)12(15)13(16)14-10/h3-4,7,9,12H,5-6H2,1-2H3,(H,14,16). The van der Waals surface area contributed by atoms with Gasteiger partial charge in [-0.3, -0.25) is 4.79 Å². The molecular weight excluding hydrogens is 200 g/mol. The average molecular weight is 216 g/mol. The van der Waals surface area contributed by atoms with Crippen molar-refractivity contribution in [3.05, 3.63) is 23.8 Å². The van der Waals surface area contributed by atoms with Crippen molar-refractivity contribution in [3.63, 3.8) is 0 Å². The molecule has 0 aliphatic carbocycles. The summed E-state index contributed by atoms with van der Waals surface area (Å²) in [7, 11) is 0. The summed E-state index contributed by atoms with van der Waals surface area (Å²) in [6, 6.07) is 6.25. The lowest BCUT2D eigenvalue weighted by Gasteiger charge is -2.34. The van der Waals surface area contributed by atoms with E-state index in [9.17, 15) is 4.79 Å². The molecular formula is C13H16N2O. The second kappa shape index (κ2) is 3.24. The summed E-state index contributed by atoms with van der Waals surface area (Å²) >= 11 is 0. The quantitative estimate of drug-likeness (QED) is 0.720. The summed E-state index contributed by atoms with van der Waals surface area (Å²) in [5, 5.41) is 3.01. The molecule has 3 nitrogen and oxygen atoms in total. The number of amides is 1. The predicted molar refractivity (Wildman–Crippen MR) is 64.7 cm³/mol. The molecule has 3 rings (SSSR count). The normalized spacial score (nSPS) is 27.4. The van der Waals surface area contributed by atoms with E-state index in [1.165, 1.54) is 11.3 Å². The number of aryl methyl sites for hydroxylation is 1. The van der Waals surface area contributed by atoms with E-state index in [0.717, 1.165) is 18.7 Å². The van der Waals surface area contributed by atoms with Crippen LogP contribution in [0.15, 0.2) is 18.2 Å². The molecule has 3 heteroatoms. The average Bonchev–Trinajstić information content (AvgIpc) is 2.63. The van der Waals surface area contributed by atoms with Gasteiger partial charge in [0.15, 0.2) is 0 Å².